The van der Waals surface area contributed by atoms with Gasteiger partial charge in [-0.3, -0.25) is 10.9 Å². The first-order valence-corrected chi connectivity index (χ1v) is 6.96. The maximum Gasteiger partial charge on any atom is 0.416 e. The second-order valence-electron chi connectivity index (χ2n) is 5.15. The molecule has 2 atom stereocenters. The third-order valence-electron chi connectivity index (χ3n) is 3.52. The highest BCUT2D eigenvalue weighted by molar-refractivity contribution is 5.85. The number of benzene rings is 1. The van der Waals surface area contributed by atoms with Gasteiger partial charge in [0.25, 0.3) is 0 Å². The van der Waals surface area contributed by atoms with Crippen LogP contribution in [0.15, 0.2) is 24.3 Å². The molecular weight excluding hydrogens is 319 g/mol. The molecule has 1 saturated heterocycles. The molecule has 126 valence electrons. The van der Waals surface area contributed by atoms with Crippen LogP contribution >= 0.6 is 12.4 Å². The minimum absolute atomic E-state index is 0. The third kappa shape index (κ3) is 5.64. The number of nitrogens with one attached hydrogen (secondary N) is 3. The summed E-state index contributed by atoms with van der Waals surface area (Å²) in [6, 6.07) is 5.34. The highest BCUT2D eigenvalue weighted by Gasteiger charge is 2.30. The molecule has 0 amide bonds. The molecule has 0 spiro atoms. The molecule has 1 aromatic carbocycles. The van der Waals surface area contributed by atoms with Crippen molar-refractivity contribution in [3.05, 3.63) is 29.8 Å². The van der Waals surface area contributed by atoms with E-state index in [0.29, 0.717) is 25.1 Å². The van der Waals surface area contributed by atoms with Crippen molar-refractivity contribution in [2.24, 2.45) is 5.92 Å². The molecule has 22 heavy (non-hydrogen) atoms. The number of hydrazine groups is 1. The Morgan fingerprint density at radius 2 is 2.14 bits per heavy atom. The van der Waals surface area contributed by atoms with Crippen molar-refractivity contribution < 1.29 is 17.9 Å². The van der Waals surface area contributed by atoms with Crippen LogP contribution in [0.5, 0.6) is 5.75 Å². The predicted octanol–water partition coefficient (Wildman–Crippen LogP) is 2.21. The van der Waals surface area contributed by atoms with Crippen molar-refractivity contribution in [3.8, 4) is 5.75 Å². The smallest absolute Gasteiger partial charge is 0.416 e. The van der Waals surface area contributed by atoms with Crippen molar-refractivity contribution in [3.63, 3.8) is 0 Å². The van der Waals surface area contributed by atoms with Gasteiger partial charge in [-0.1, -0.05) is 6.07 Å². The molecular formula is C14H21ClF3N3O. The Bertz CT molecular complexity index is 459. The third-order valence-corrected chi connectivity index (χ3v) is 3.52. The van der Waals surface area contributed by atoms with Gasteiger partial charge < -0.3 is 10.1 Å². The number of rotatable bonds is 6. The molecule has 0 radical (unpaired) electrons. The van der Waals surface area contributed by atoms with E-state index in [1.54, 1.807) is 0 Å². The fourth-order valence-corrected chi connectivity index (χ4v) is 2.19. The summed E-state index contributed by atoms with van der Waals surface area (Å²) in [5.74, 6) is 0.739. The predicted molar refractivity (Wildman–Crippen MR) is 81.1 cm³/mol. The Labute approximate surface area is 134 Å². The maximum atomic E-state index is 12.5. The molecule has 0 bridgehead atoms. The van der Waals surface area contributed by atoms with Crippen molar-refractivity contribution in [1.82, 2.24) is 16.2 Å². The molecule has 1 aliphatic heterocycles. The SMILES string of the molecule is CC1NNCC1CNCCOc1cccc(C(F)(F)F)c1.Cl. The molecule has 2 rings (SSSR count). The Kier molecular flexibility index (Phi) is 7.41. The van der Waals surface area contributed by atoms with Crippen molar-refractivity contribution >= 4 is 12.4 Å². The molecule has 8 heteroatoms. The average molecular weight is 340 g/mol. The summed E-state index contributed by atoms with van der Waals surface area (Å²) in [6.45, 7) is 4.78. The van der Waals surface area contributed by atoms with Gasteiger partial charge in [0.05, 0.1) is 5.56 Å². The molecule has 0 aromatic heterocycles. The molecule has 0 saturated carbocycles. The van der Waals surface area contributed by atoms with E-state index in [1.165, 1.54) is 12.1 Å². The summed E-state index contributed by atoms with van der Waals surface area (Å²) < 4.78 is 43.0. The summed E-state index contributed by atoms with van der Waals surface area (Å²) in [5, 5.41) is 3.25. The molecule has 0 aliphatic carbocycles. The number of hydrogen-bond donors (Lipinski definition) is 3. The first-order valence-electron chi connectivity index (χ1n) is 6.96. The second kappa shape index (κ2) is 8.57. The van der Waals surface area contributed by atoms with Gasteiger partial charge in [0.15, 0.2) is 0 Å². The molecule has 1 fully saturated rings. The molecule has 1 heterocycles. The highest BCUT2D eigenvalue weighted by Crippen LogP contribution is 2.31. The van der Waals surface area contributed by atoms with Gasteiger partial charge in [-0.05, 0) is 25.1 Å². The number of halogens is 4. The minimum atomic E-state index is -4.34. The van der Waals surface area contributed by atoms with Crippen molar-refractivity contribution in [2.75, 3.05) is 26.2 Å². The van der Waals surface area contributed by atoms with Gasteiger partial charge in [-0.15, -0.1) is 12.4 Å². The van der Waals surface area contributed by atoms with E-state index in [-0.39, 0.29) is 18.2 Å². The lowest BCUT2D eigenvalue weighted by Crippen LogP contribution is -2.34. The largest absolute Gasteiger partial charge is 0.492 e. The van der Waals surface area contributed by atoms with E-state index in [1.807, 2.05) is 0 Å². The Hall–Kier alpha value is -1.02. The van der Waals surface area contributed by atoms with Crippen LogP contribution in [-0.4, -0.2) is 32.3 Å². The van der Waals surface area contributed by atoms with Crippen LogP contribution in [0.25, 0.3) is 0 Å². The Balaban J connectivity index is 0.00000242. The van der Waals surface area contributed by atoms with Gasteiger partial charge >= 0.3 is 6.18 Å². The number of hydrogen-bond acceptors (Lipinski definition) is 4. The maximum absolute atomic E-state index is 12.5. The zero-order chi connectivity index (χ0) is 15.3. The molecule has 1 aliphatic rings. The van der Waals surface area contributed by atoms with Crippen molar-refractivity contribution in [1.29, 1.82) is 0 Å². The number of ether oxygens (including phenoxy) is 1. The fraction of sp³-hybridized carbons (Fsp3) is 0.571. The quantitative estimate of drug-likeness (QED) is 0.695. The normalized spacial score (nSPS) is 21.5. The van der Waals surface area contributed by atoms with Crippen LogP contribution in [-0.2, 0) is 6.18 Å². The summed E-state index contributed by atoms with van der Waals surface area (Å²) in [4.78, 5) is 0. The highest BCUT2D eigenvalue weighted by atomic mass is 35.5. The van der Waals surface area contributed by atoms with E-state index in [4.69, 9.17) is 4.74 Å². The second-order valence-corrected chi connectivity index (χ2v) is 5.15. The first-order chi connectivity index (χ1) is 9.97. The number of alkyl halides is 3. The van der Waals surface area contributed by atoms with Crippen LogP contribution in [0.2, 0.25) is 0 Å². The van der Waals surface area contributed by atoms with Crippen LogP contribution in [0.1, 0.15) is 12.5 Å². The van der Waals surface area contributed by atoms with E-state index in [9.17, 15) is 13.2 Å². The monoisotopic (exact) mass is 339 g/mol. The van der Waals surface area contributed by atoms with Gasteiger partial charge in [0, 0.05) is 31.6 Å². The topological polar surface area (TPSA) is 45.3 Å². The lowest BCUT2D eigenvalue weighted by molar-refractivity contribution is -0.137. The zero-order valence-electron chi connectivity index (χ0n) is 12.2. The van der Waals surface area contributed by atoms with Gasteiger partial charge in [0.2, 0.25) is 0 Å². The van der Waals surface area contributed by atoms with Crippen molar-refractivity contribution in [2.45, 2.75) is 19.1 Å². The average Bonchev–Trinajstić information content (AvgIpc) is 2.83. The van der Waals surface area contributed by atoms with E-state index >= 15 is 0 Å². The zero-order valence-corrected chi connectivity index (χ0v) is 13.1. The van der Waals surface area contributed by atoms with E-state index in [0.717, 1.165) is 25.2 Å². The van der Waals surface area contributed by atoms with Crippen LogP contribution in [0.3, 0.4) is 0 Å². The summed E-state index contributed by atoms with van der Waals surface area (Å²) in [7, 11) is 0. The molecule has 3 N–H and O–H groups in total. The van der Waals surface area contributed by atoms with Crippen LogP contribution in [0, 0.1) is 5.92 Å². The van der Waals surface area contributed by atoms with E-state index in [2.05, 4.69) is 23.1 Å². The lowest BCUT2D eigenvalue weighted by Gasteiger charge is -2.15. The summed E-state index contributed by atoms with van der Waals surface area (Å²) in [5.41, 5.74) is 5.52. The Morgan fingerprint density at radius 3 is 2.77 bits per heavy atom. The standard InChI is InChI=1S/C14H20F3N3O.ClH/c1-10-11(9-19-20-10)8-18-5-6-21-13-4-2-3-12(7-13)14(15,16)17;/h2-4,7,10-11,18-20H,5-6,8-9H2,1H3;1H. The van der Waals surface area contributed by atoms with Crippen LogP contribution < -0.4 is 20.9 Å². The first kappa shape index (κ1) is 19.0. The van der Waals surface area contributed by atoms with Gasteiger partial charge in [0.1, 0.15) is 12.4 Å². The van der Waals surface area contributed by atoms with Crippen LogP contribution in [0.4, 0.5) is 13.2 Å². The molecule has 4 nitrogen and oxygen atoms in total. The lowest BCUT2D eigenvalue weighted by atomic mass is 10.0. The summed E-state index contributed by atoms with van der Waals surface area (Å²) >= 11 is 0. The minimum Gasteiger partial charge on any atom is -0.492 e. The van der Waals surface area contributed by atoms with Gasteiger partial charge in [-0.25, -0.2) is 0 Å². The Morgan fingerprint density at radius 1 is 1.36 bits per heavy atom. The summed E-state index contributed by atoms with van der Waals surface area (Å²) in [6.07, 6.45) is -4.34. The molecule has 2 unspecified atom stereocenters. The molecule has 1 aromatic rings. The van der Waals surface area contributed by atoms with E-state index < -0.39 is 11.7 Å². The fourth-order valence-electron chi connectivity index (χ4n) is 2.19. The van der Waals surface area contributed by atoms with Gasteiger partial charge in [-0.2, -0.15) is 13.2 Å².